The first kappa shape index (κ1) is 53.2. The third-order valence-corrected chi connectivity index (χ3v) is 11.3. The molecule has 4 aromatic heterocycles. The third kappa shape index (κ3) is 14.5. The zero-order valence-electron chi connectivity index (χ0n) is 38.2. The van der Waals surface area contributed by atoms with E-state index >= 15 is 0 Å². The number of ether oxygens (including phenoxy) is 4. The Morgan fingerprint density at radius 1 is 0.722 bits per heavy atom. The number of halogens is 2. The van der Waals surface area contributed by atoms with Crippen molar-refractivity contribution >= 4 is 39.0 Å². The fourth-order valence-corrected chi connectivity index (χ4v) is 7.81. The van der Waals surface area contributed by atoms with Gasteiger partial charge in [-0.2, -0.15) is 9.59 Å². The van der Waals surface area contributed by atoms with E-state index in [1.54, 1.807) is 56.6 Å². The summed E-state index contributed by atoms with van der Waals surface area (Å²) >= 11 is 0. The molecule has 5 N–H and O–H groups in total. The van der Waals surface area contributed by atoms with Crippen LogP contribution in [0.4, 0.5) is 29.7 Å². The van der Waals surface area contributed by atoms with Gasteiger partial charge in [0.15, 0.2) is 0 Å². The van der Waals surface area contributed by atoms with Crippen molar-refractivity contribution in [3.05, 3.63) is 84.7 Å². The van der Waals surface area contributed by atoms with E-state index in [1.807, 2.05) is 0 Å². The number of hydrogen-bond donors (Lipinski definition) is 5. The molecule has 5 unspecified atom stereocenters. The number of anilines is 2. The second-order valence-electron chi connectivity index (χ2n) is 15.9. The van der Waals surface area contributed by atoms with E-state index in [1.165, 1.54) is 50.0 Å². The maximum Gasteiger partial charge on any atom is 0.470 e. The van der Waals surface area contributed by atoms with Gasteiger partial charge in [-0.1, -0.05) is 12.1 Å². The molecule has 0 radical (unpaired) electrons. The number of hydrogen-bond acceptors (Lipinski definition) is 20. The van der Waals surface area contributed by atoms with Gasteiger partial charge in [-0.05, 0) is 59.0 Å². The molecular formula is C41H46F2N12O15P2. The molecule has 27 nitrogen and oxygen atoms in total. The van der Waals surface area contributed by atoms with Gasteiger partial charge in [-0.3, -0.25) is 28.9 Å². The number of phosphoric ester groups is 1. The first-order valence-corrected chi connectivity index (χ1v) is 24.9. The van der Waals surface area contributed by atoms with E-state index in [4.69, 9.17) is 38.7 Å². The number of pyridine rings is 2. The van der Waals surface area contributed by atoms with Crippen LogP contribution in [-0.2, 0) is 51.2 Å². The molecule has 384 valence electrons. The van der Waals surface area contributed by atoms with Crippen LogP contribution >= 0.6 is 15.4 Å². The first-order chi connectivity index (χ1) is 34.2. The van der Waals surface area contributed by atoms with Crippen LogP contribution in [0.3, 0.4) is 0 Å². The predicted molar refractivity (Wildman–Crippen MR) is 243 cm³/mol. The van der Waals surface area contributed by atoms with E-state index in [9.17, 15) is 32.6 Å². The van der Waals surface area contributed by atoms with Crippen molar-refractivity contribution in [2.24, 2.45) is 14.1 Å². The molecular weight excluding hydrogens is 1000 g/mol. The first-order valence-electron chi connectivity index (χ1n) is 21.3. The Balaban J connectivity index is 0.000000211. The lowest BCUT2D eigenvalue weighted by atomic mass is 10.1. The lowest BCUT2D eigenvalue weighted by Crippen LogP contribution is -2.28. The molecule has 6 aromatic rings. The molecule has 8 rings (SSSR count). The number of benzene rings is 2. The summed E-state index contributed by atoms with van der Waals surface area (Å²) in [5.74, 6) is -0.433. The van der Waals surface area contributed by atoms with Gasteiger partial charge >= 0.3 is 27.6 Å². The minimum absolute atomic E-state index is 0.0263. The number of cyclic esters (lactones) is 2. The molecule has 2 aromatic carbocycles. The number of amides is 2. The number of carbonyl (C=O) groups excluding carboxylic acids is 2. The van der Waals surface area contributed by atoms with Crippen molar-refractivity contribution in [3.63, 3.8) is 0 Å². The van der Waals surface area contributed by atoms with Gasteiger partial charge in [-0.25, -0.2) is 22.9 Å². The standard InChI is InChI=1S/C21H24FN6O7P.C20H22FN6O8P/c1-27-25-20(24-26-27)19-6-3-13(8-23-19)17-5-4-14(7-18(17)22)28-9-16(35-21(28)30)12-33-10-15(29)11-34-36(2,31)32;1-26-24-19(23-25-26)18-5-2-12(7-22-18)16-4-3-13(6-17(16)21)27-8-14(34-20(27)29)10-33-11-15(9-28)35-36(30,31)32/h3-8,15-16,29H,9-12H2,1-2H3,(H,31,32);2-7,14-15,28H,8-11H2,1H3,(H2,30,31,32). The molecule has 2 aliphatic heterocycles. The van der Waals surface area contributed by atoms with Crippen molar-refractivity contribution in [1.82, 2.24) is 50.4 Å². The average Bonchev–Trinajstić information content (AvgIpc) is 4.15. The highest BCUT2D eigenvalue weighted by atomic mass is 31.2. The van der Waals surface area contributed by atoms with Crippen molar-refractivity contribution in [2.45, 2.75) is 24.4 Å². The highest BCUT2D eigenvalue weighted by Gasteiger charge is 2.35. The molecule has 0 saturated carbocycles. The monoisotopic (exact) mass is 1050 g/mol. The summed E-state index contributed by atoms with van der Waals surface area (Å²) < 4.78 is 81.9. The van der Waals surface area contributed by atoms with Crippen molar-refractivity contribution in [1.29, 1.82) is 0 Å². The Morgan fingerprint density at radius 3 is 1.57 bits per heavy atom. The molecule has 6 heterocycles. The lowest BCUT2D eigenvalue weighted by molar-refractivity contribution is -0.0178. The Labute approximate surface area is 406 Å². The Bertz CT molecular complexity index is 2930. The highest BCUT2D eigenvalue weighted by Crippen LogP contribution is 2.38. The summed E-state index contributed by atoms with van der Waals surface area (Å²) in [5.41, 5.74) is 3.18. The van der Waals surface area contributed by atoms with Crippen LogP contribution in [0.15, 0.2) is 73.1 Å². The molecule has 2 aliphatic rings. The van der Waals surface area contributed by atoms with Gasteiger partial charge < -0.3 is 48.4 Å². The number of rotatable bonds is 20. The van der Waals surface area contributed by atoms with E-state index in [0.29, 0.717) is 45.4 Å². The third-order valence-electron chi connectivity index (χ3n) is 10.1. The predicted octanol–water partition coefficient (Wildman–Crippen LogP) is 2.50. The summed E-state index contributed by atoms with van der Waals surface area (Å²) in [6, 6.07) is 15.3. The van der Waals surface area contributed by atoms with Crippen LogP contribution in [0.1, 0.15) is 0 Å². The summed E-state index contributed by atoms with van der Waals surface area (Å²) in [5, 5.41) is 42.3. The minimum atomic E-state index is -4.79. The van der Waals surface area contributed by atoms with Crippen LogP contribution in [-0.4, -0.2) is 171 Å². The van der Waals surface area contributed by atoms with Gasteiger partial charge in [0, 0.05) is 41.3 Å². The molecule has 0 aliphatic carbocycles. The zero-order chi connectivity index (χ0) is 51.7. The van der Waals surface area contributed by atoms with Gasteiger partial charge in [0.2, 0.25) is 11.6 Å². The largest absolute Gasteiger partial charge is 0.470 e. The summed E-state index contributed by atoms with van der Waals surface area (Å²) in [6.45, 7) is -0.534. The summed E-state index contributed by atoms with van der Waals surface area (Å²) in [7, 11) is -5.22. The number of nitrogens with zero attached hydrogens (tertiary/aromatic N) is 12. The van der Waals surface area contributed by atoms with E-state index in [2.05, 4.69) is 49.8 Å². The van der Waals surface area contributed by atoms with Crippen molar-refractivity contribution in [2.75, 3.05) is 69.2 Å². The maximum absolute atomic E-state index is 14.9. The van der Waals surface area contributed by atoms with E-state index in [-0.39, 0.29) is 57.4 Å². The number of aliphatic hydroxyl groups is 2. The normalized spacial score (nSPS) is 17.5. The SMILES string of the molecule is Cn1nnc(-c2ccc(-c3ccc(N4CC(COCC(CO)OP(=O)(O)O)OC4=O)cc3F)cn2)n1.Cn1nnc(-c2ccc(-c3ccc(N4CC(COCC(O)COP(C)(=O)O)OC4=O)cc3F)cn2)n1. The van der Waals surface area contributed by atoms with E-state index < -0.39 is 70.3 Å². The number of phosphoric acid groups is 1. The van der Waals surface area contributed by atoms with Crippen molar-refractivity contribution in [3.8, 4) is 45.3 Å². The van der Waals surface area contributed by atoms with Crippen LogP contribution in [0.25, 0.3) is 45.3 Å². The fraction of sp³-hybridized carbons (Fsp3) is 0.366. The smallest absolute Gasteiger partial charge is 0.441 e. The molecule has 2 saturated heterocycles. The van der Waals surface area contributed by atoms with Crippen LogP contribution in [0.5, 0.6) is 0 Å². The molecule has 5 atom stereocenters. The molecule has 2 amide bonds. The number of carbonyl (C=O) groups is 2. The fourth-order valence-electron chi connectivity index (χ4n) is 6.84. The molecule has 72 heavy (non-hydrogen) atoms. The second-order valence-corrected chi connectivity index (χ2v) is 18.9. The molecule has 2 fully saturated rings. The summed E-state index contributed by atoms with van der Waals surface area (Å²) in [6.07, 6.45) is -2.12. The zero-order valence-corrected chi connectivity index (χ0v) is 40.0. The molecule has 0 bridgehead atoms. The topological polar surface area (TPSA) is 344 Å². The van der Waals surface area contributed by atoms with Crippen LogP contribution in [0.2, 0.25) is 0 Å². The second kappa shape index (κ2) is 23.3. The van der Waals surface area contributed by atoms with Crippen molar-refractivity contribution < 1.29 is 80.4 Å². The van der Waals surface area contributed by atoms with Gasteiger partial charge in [0.1, 0.15) is 47.4 Å². The van der Waals surface area contributed by atoms with E-state index in [0.717, 1.165) is 6.66 Å². The Hall–Kier alpha value is -6.62. The Kier molecular flexibility index (Phi) is 17.2. The molecule has 31 heteroatoms. The van der Waals surface area contributed by atoms with Crippen LogP contribution < -0.4 is 9.80 Å². The lowest BCUT2D eigenvalue weighted by Gasteiger charge is -2.17. The van der Waals surface area contributed by atoms with Gasteiger partial charge in [0.05, 0.1) is 78.2 Å². The van der Waals surface area contributed by atoms with Gasteiger partial charge in [0.25, 0.3) is 0 Å². The number of aromatic nitrogens is 10. The number of aryl methyl sites for hydroxylation is 2. The van der Waals surface area contributed by atoms with Gasteiger partial charge in [-0.15, -0.1) is 20.4 Å². The highest BCUT2D eigenvalue weighted by molar-refractivity contribution is 7.51. The quantitative estimate of drug-likeness (QED) is 0.0686. The number of aliphatic hydroxyl groups excluding tert-OH is 2. The molecule has 0 spiro atoms. The summed E-state index contributed by atoms with van der Waals surface area (Å²) in [4.78, 5) is 64.9. The minimum Gasteiger partial charge on any atom is -0.441 e. The van der Waals surface area contributed by atoms with Crippen LogP contribution in [0, 0.1) is 11.6 Å². The Morgan fingerprint density at radius 2 is 1.19 bits per heavy atom. The number of tetrazole rings is 2. The maximum atomic E-state index is 14.9. The average molecular weight is 1050 g/mol.